The van der Waals surface area contributed by atoms with Gasteiger partial charge in [-0.1, -0.05) is 0 Å². The van der Waals surface area contributed by atoms with Gasteiger partial charge in [-0.3, -0.25) is 9.78 Å². The Balaban J connectivity index is 2.28. The van der Waals surface area contributed by atoms with Crippen LogP contribution >= 0.6 is 0 Å². The van der Waals surface area contributed by atoms with E-state index in [9.17, 15) is 4.79 Å². The number of ether oxygens (including phenoxy) is 1. The van der Waals surface area contributed by atoms with Crippen LogP contribution in [0.15, 0.2) is 18.6 Å². The van der Waals surface area contributed by atoms with Crippen LogP contribution in [0.2, 0.25) is 0 Å². The second-order valence-electron chi connectivity index (χ2n) is 4.49. The molecule has 0 N–H and O–H groups in total. The lowest BCUT2D eigenvalue weighted by molar-refractivity contribution is 0.0302. The lowest BCUT2D eigenvalue weighted by Crippen LogP contribution is -2.47. The van der Waals surface area contributed by atoms with Crippen molar-refractivity contribution in [3.8, 4) is 0 Å². The van der Waals surface area contributed by atoms with E-state index in [0.717, 1.165) is 0 Å². The van der Waals surface area contributed by atoms with E-state index in [4.69, 9.17) is 4.74 Å². The SMILES string of the molecule is CC1OCC(C)(C)N1C(=O)c1cnccn1. The van der Waals surface area contributed by atoms with Crippen LogP contribution in [0.4, 0.5) is 0 Å². The number of carbonyl (C=O) groups is 1. The van der Waals surface area contributed by atoms with Gasteiger partial charge >= 0.3 is 0 Å². The van der Waals surface area contributed by atoms with Crippen LogP contribution in [0.3, 0.4) is 0 Å². The van der Waals surface area contributed by atoms with Gasteiger partial charge < -0.3 is 9.64 Å². The third-order valence-corrected chi connectivity index (χ3v) is 2.69. The standard InChI is InChI=1S/C11H15N3O2/c1-8-14(11(2,3)7-16-8)10(15)9-6-12-4-5-13-9/h4-6,8H,7H2,1-3H3. The Morgan fingerprint density at radius 2 is 2.31 bits per heavy atom. The van der Waals surface area contributed by atoms with Gasteiger partial charge in [0.05, 0.1) is 18.3 Å². The van der Waals surface area contributed by atoms with E-state index in [1.807, 2.05) is 20.8 Å². The molecule has 0 aromatic carbocycles. The molecule has 2 rings (SSSR count). The molecule has 1 amide bonds. The maximum absolute atomic E-state index is 12.2. The summed E-state index contributed by atoms with van der Waals surface area (Å²) in [6.45, 7) is 6.36. The molecule has 0 saturated carbocycles. The minimum atomic E-state index is -0.298. The summed E-state index contributed by atoms with van der Waals surface area (Å²) in [5.41, 5.74) is 0.0570. The van der Waals surface area contributed by atoms with E-state index in [1.54, 1.807) is 11.1 Å². The van der Waals surface area contributed by atoms with Crippen LogP contribution < -0.4 is 0 Å². The molecule has 16 heavy (non-hydrogen) atoms. The lowest BCUT2D eigenvalue weighted by atomic mass is 10.1. The van der Waals surface area contributed by atoms with Gasteiger partial charge in [0.2, 0.25) is 0 Å². The first-order valence-electron chi connectivity index (χ1n) is 5.24. The van der Waals surface area contributed by atoms with Crippen molar-refractivity contribution >= 4 is 5.91 Å². The van der Waals surface area contributed by atoms with Crippen LogP contribution in [0.25, 0.3) is 0 Å². The second kappa shape index (κ2) is 3.83. The number of hydrogen-bond donors (Lipinski definition) is 0. The highest BCUT2D eigenvalue weighted by Gasteiger charge is 2.42. The Hall–Kier alpha value is -1.49. The first-order valence-corrected chi connectivity index (χ1v) is 5.24. The molecule has 86 valence electrons. The van der Waals surface area contributed by atoms with Gasteiger partial charge in [0, 0.05) is 12.4 Å². The van der Waals surface area contributed by atoms with Gasteiger partial charge in [-0.15, -0.1) is 0 Å². The van der Waals surface area contributed by atoms with E-state index in [2.05, 4.69) is 9.97 Å². The maximum Gasteiger partial charge on any atom is 0.276 e. The van der Waals surface area contributed by atoms with E-state index in [0.29, 0.717) is 12.3 Å². The average molecular weight is 221 g/mol. The molecule has 1 aliphatic heterocycles. The van der Waals surface area contributed by atoms with Gasteiger partial charge in [0.25, 0.3) is 5.91 Å². The smallest absolute Gasteiger partial charge is 0.276 e. The predicted octanol–water partition coefficient (Wildman–Crippen LogP) is 1.07. The highest BCUT2D eigenvalue weighted by atomic mass is 16.5. The molecular weight excluding hydrogens is 206 g/mol. The van der Waals surface area contributed by atoms with Crippen molar-refractivity contribution in [2.75, 3.05) is 6.61 Å². The second-order valence-corrected chi connectivity index (χ2v) is 4.49. The summed E-state index contributed by atoms with van der Waals surface area (Å²) < 4.78 is 5.48. The van der Waals surface area contributed by atoms with E-state index in [-0.39, 0.29) is 17.7 Å². The van der Waals surface area contributed by atoms with Crippen LogP contribution in [-0.4, -0.2) is 39.1 Å². The minimum Gasteiger partial charge on any atom is -0.356 e. The number of hydrogen-bond acceptors (Lipinski definition) is 4. The fourth-order valence-corrected chi connectivity index (χ4v) is 1.93. The molecule has 5 nitrogen and oxygen atoms in total. The molecule has 1 saturated heterocycles. The van der Waals surface area contributed by atoms with Crippen LogP contribution in [0.5, 0.6) is 0 Å². The van der Waals surface area contributed by atoms with Crippen molar-refractivity contribution in [2.24, 2.45) is 0 Å². The molecular formula is C11H15N3O2. The van der Waals surface area contributed by atoms with Crippen molar-refractivity contribution in [1.29, 1.82) is 0 Å². The summed E-state index contributed by atoms with van der Waals surface area (Å²) in [5.74, 6) is -0.136. The van der Waals surface area contributed by atoms with E-state index < -0.39 is 0 Å². The third kappa shape index (κ3) is 1.78. The summed E-state index contributed by atoms with van der Waals surface area (Å²) in [5, 5.41) is 0. The summed E-state index contributed by atoms with van der Waals surface area (Å²) in [6, 6.07) is 0. The molecule has 0 aliphatic carbocycles. The topological polar surface area (TPSA) is 55.3 Å². The van der Waals surface area contributed by atoms with Gasteiger partial charge in [-0.05, 0) is 20.8 Å². The fraction of sp³-hybridized carbons (Fsp3) is 0.545. The summed E-state index contributed by atoms with van der Waals surface area (Å²) >= 11 is 0. The molecule has 5 heteroatoms. The molecule has 0 bridgehead atoms. The number of carbonyl (C=O) groups excluding carboxylic acids is 1. The Morgan fingerprint density at radius 3 is 2.81 bits per heavy atom. The number of aromatic nitrogens is 2. The molecule has 0 radical (unpaired) electrons. The van der Waals surface area contributed by atoms with Crippen LogP contribution in [-0.2, 0) is 4.74 Å². The van der Waals surface area contributed by atoms with Crippen molar-refractivity contribution in [2.45, 2.75) is 32.5 Å². The molecule has 1 atom stereocenters. The lowest BCUT2D eigenvalue weighted by Gasteiger charge is -2.31. The average Bonchev–Trinajstić information content (AvgIpc) is 2.53. The maximum atomic E-state index is 12.2. The zero-order valence-electron chi connectivity index (χ0n) is 9.67. The van der Waals surface area contributed by atoms with Crippen LogP contribution in [0, 0.1) is 0 Å². The third-order valence-electron chi connectivity index (χ3n) is 2.69. The molecule has 1 aromatic heterocycles. The van der Waals surface area contributed by atoms with Gasteiger partial charge in [-0.2, -0.15) is 0 Å². The molecule has 1 aliphatic rings. The van der Waals surface area contributed by atoms with Crippen molar-refractivity contribution in [3.05, 3.63) is 24.3 Å². The quantitative estimate of drug-likeness (QED) is 0.712. The number of rotatable bonds is 1. The van der Waals surface area contributed by atoms with Crippen molar-refractivity contribution in [1.82, 2.24) is 14.9 Å². The Morgan fingerprint density at radius 1 is 1.56 bits per heavy atom. The Bertz CT molecular complexity index is 391. The molecule has 1 unspecified atom stereocenters. The van der Waals surface area contributed by atoms with Crippen LogP contribution in [0.1, 0.15) is 31.3 Å². The molecule has 2 heterocycles. The Labute approximate surface area is 94.5 Å². The summed E-state index contributed by atoms with van der Waals surface area (Å²) in [7, 11) is 0. The minimum absolute atomic E-state index is 0.136. The van der Waals surface area contributed by atoms with Crippen molar-refractivity contribution < 1.29 is 9.53 Å². The Kier molecular flexibility index (Phi) is 2.63. The van der Waals surface area contributed by atoms with E-state index in [1.165, 1.54) is 12.4 Å². The van der Waals surface area contributed by atoms with Crippen molar-refractivity contribution in [3.63, 3.8) is 0 Å². The van der Waals surface area contributed by atoms with Gasteiger partial charge in [-0.25, -0.2) is 4.98 Å². The summed E-state index contributed by atoms with van der Waals surface area (Å²) in [4.78, 5) is 21.8. The first kappa shape index (κ1) is 11.0. The fourth-order valence-electron chi connectivity index (χ4n) is 1.93. The molecule has 1 aromatic rings. The molecule has 1 fully saturated rings. The first-order chi connectivity index (χ1) is 7.52. The summed E-state index contributed by atoms with van der Waals surface area (Å²) in [6.07, 6.45) is 4.32. The number of amides is 1. The van der Waals surface area contributed by atoms with E-state index >= 15 is 0 Å². The monoisotopic (exact) mass is 221 g/mol. The predicted molar refractivity (Wildman–Crippen MR) is 57.7 cm³/mol. The number of nitrogens with zero attached hydrogens (tertiary/aromatic N) is 3. The normalized spacial score (nSPS) is 23.4. The van der Waals surface area contributed by atoms with Gasteiger partial charge in [0.15, 0.2) is 0 Å². The highest BCUT2D eigenvalue weighted by molar-refractivity contribution is 5.92. The zero-order chi connectivity index (χ0) is 11.8. The molecule has 0 spiro atoms. The zero-order valence-corrected chi connectivity index (χ0v) is 9.67. The van der Waals surface area contributed by atoms with Gasteiger partial charge in [0.1, 0.15) is 11.9 Å². The highest BCUT2D eigenvalue weighted by Crippen LogP contribution is 2.27. The largest absolute Gasteiger partial charge is 0.356 e.